The molecule has 0 aliphatic rings. The third kappa shape index (κ3) is 4.07. The maximum atomic E-state index is 13.2. The Hall–Kier alpha value is -2.95. The van der Waals surface area contributed by atoms with Crippen molar-refractivity contribution in [2.75, 3.05) is 12.4 Å². The van der Waals surface area contributed by atoms with Crippen molar-refractivity contribution in [3.8, 4) is 0 Å². The van der Waals surface area contributed by atoms with Gasteiger partial charge in [0.2, 0.25) is 5.78 Å². The van der Waals surface area contributed by atoms with E-state index in [1.807, 2.05) is 19.9 Å². The monoisotopic (exact) mass is 327 g/mol. The van der Waals surface area contributed by atoms with E-state index in [4.69, 9.17) is 0 Å². The molecule has 1 N–H and O–H groups in total. The summed E-state index contributed by atoms with van der Waals surface area (Å²) in [6, 6.07) is 10.9. The molecule has 2 aromatic carbocycles. The molecule has 0 aromatic heterocycles. The van der Waals surface area contributed by atoms with Crippen LogP contribution in [0, 0.1) is 19.7 Å². The molecular formula is C19H18FNO3. The molecule has 0 bridgehead atoms. The largest absolute Gasteiger partial charge is 0.465 e. The van der Waals surface area contributed by atoms with Gasteiger partial charge in [-0.05, 0) is 49.2 Å². The lowest BCUT2D eigenvalue weighted by molar-refractivity contribution is -0.135. The van der Waals surface area contributed by atoms with Gasteiger partial charge in [-0.1, -0.05) is 18.2 Å². The summed E-state index contributed by atoms with van der Waals surface area (Å²) < 4.78 is 17.9. The molecule has 124 valence electrons. The maximum Gasteiger partial charge on any atom is 0.343 e. The van der Waals surface area contributed by atoms with Crippen molar-refractivity contribution in [3.05, 3.63) is 76.7 Å². The molecule has 0 amide bonds. The normalized spacial score (nSPS) is 11.1. The standard InChI is InChI=1S/C19H18FNO3/c1-12-7-8-14(9-13(12)2)18(22)17(19(23)24-3)11-21-16-6-4-5-15(20)10-16/h4-11,21H,1-3H3/b17-11-. The van der Waals surface area contributed by atoms with Crippen LogP contribution in [-0.2, 0) is 9.53 Å². The van der Waals surface area contributed by atoms with Gasteiger partial charge in [-0.3, -0.25) is 4.79 Å². The second-order valence-electron chi connectivity index (χ2n) is 5.33. The van der Waals surface area contributed by atoms with Crippen LogP contribution < -0.4 is 5.32 Å². The molecule has 0 unspecified atom stereocenters. The van der Waals surface area contributed by atoms with Crippen molar-refractivity contribution < 1.29 is 18.7 Å². The van der Waals surface area contributed by atoms with Gasteiger partial charge in [-0.25, -0.2) is 9.18 Å². The van der Waals surface area contributed by atoms with Crippen molar-refractivity contribution >= 4 is 17.4 Å². The van der Waals surface area contributed by atoms with Crippen LogP contribution in [0.3, 0.4) is 0 Å². The first-order valence-electron chi connectivity index (χ1n) is 7.35. The third-order valence-corrected chi connectivity index (χ3v) is 3.63. The van der Waals surface area contributed by atoms with Gasteiger partial charge in [0.25, 0.3) is 0 Å². The fourth-order valence-electron chi connectivity index (χ4n) is 2.10. The van der Waals surface area contributed by atoms with E-state index in [1.165, 1.54) is 31.5 Å². The molecule has 0 radical (unpaired) electrons. The molecule has 0 fully saturated rings. The zero-order chi connectivity index (χ0) is 17.7. The van der Waals surface area contributed by atoms with Crippen molar-refractivity contribution in [2.45, 2.75) is 13.8 Å². The molecule has 0 spiro atoms. The number of ether oxygens (including phenoxy) is 1. The van der Waals surface area contributed by atoms with Gasteiger partial charge in [-0.2, -0.15) is 0 Å². The molecule has 5 heteroatoms. The first-order chi connectivity index (χ1) is 11.4. The topological polar surface area (TPSA) is 55.4 Å². The minimum atomic E-state index is -0.762. The number of hydrogen-bond donors (Lipinski definition) is 1. The van der Waals surface area contributed by atoms with Crippen LogP contribution in [-0.4, -0.2) is 18.9 Å². The Kier molecular flexibility index (Phi) is 5.47. The molecule has 0 atom stereocenters. The number of nitrogens with one attached hydrogen (secondary N) is 1. The molecule has 0 aliphatic carbocycles. The van der Waals surface area contributed by atoms with Crippen molar-refractivity contribution in [1.29, 1.82) is 0 Å². The Labute approximate surface area is 140 Å². The second-order valence-corrected chi connectivity index (χ2v) is 5.33. The average Bonchev–Trinajstić information content (AvgIpc) is 2.57. The number of halogens is 1. The summed E-state index contributed by atoms with van der Waals surface area (Å²) in [6.45, 7) is 3.82. The first-order valence-corrected chi connectivity index (χ1v) is 7.35. The van der Waals surface area contributed by atoms with E-state index in [1.54, 1.807) is 18.2 Å². The van der Waals surface area contributed by atoms with Crippen LogP contribution in [0.25, 0.3) is 0 Å². The van der Waals surface area contributed by atoms with Gasteiger partial charge in [-0.15, -0.1) is 0 Å². The number of esters is 1. The van der Waals surface area contributed by atoms with Crippen LogP contribution in [0.4, 0.5) is 10.1 Å². The molecule has 2 aromatic rings. The average molecular weight is 327 g/mol. The van der Waals surface area contributed by atoms with Gasteiger partial charge >= 0.3 is 5.97 Å². The van der Waals surface area contributed by atoms with E-state index < -0.39 is 17.6 Å². The van der Waals surface area contributed by atoms with Crippen molar-refractivity contribution in [2.24, 2.45) is 0 Å². The van der Waals surface area contributed by atoms with Gasteiger partial charge in [0.1, 0.15) is 11.4 Å². The fourth-order valence-corrected chi connectivity index (χ4v) is 2.10. The predicted molar refractivity (Wildman–Crippen MR) is 90.4 cm³/mol. The minimum absolute atomic E-state index is 0.162. The molecular weight excluding hydrogens is 309 g/mol. The summed E-state index contributed by atoms with van der Waals surface area (Å²) in [5, 5.41) is 2.75. The van der Waals surface area contributed by atoms with Crippen LogP contribution in [0.5, 0.6) is 0 Å². The first kappa shape index (κ1) is 17.4. The van der Waals surface area contributed by atoms with Gasteiger partial charge in [0.05, 0.1) is 7.11 Å². The Morgan fingerprint density at radius 3 is 2.46 bits per heavy atom. The summed E-state index contributed by atoms with van der Waals surface area (Å²) in [7, 11) is 1.20. The fraction of sp³-hybridized carbons (Fsp3) is 0.158. The quantitative estimate of drug-likeness (QED) is 0.298. The second kappa shape index (κ2) is 7.55. The number of carbonyl (C=O) groups is 2. The highest BCUT2D eigenvalue weighted by atomic mass is 19.1. The van der Waals surface area contributed by atoms with E-state index in [9.17, 15) is 14.0 Å². The number of anilines is 1. The van der Waals surface area contributed by atoms with Gasteiger partial charge in [0.15, 0.2) is 0 Å². The van der Waals surface area contributed by atoms with Gasteiger partial charge in [0, 0.05) is 17.5 Å². The zero-order valence-corrected chi connectivity index (χ0v) is 13.7. The number of methoxy groups -OCH3 is 1. The summed E-state index contributed by atoms with van der Waals surface area (Å²) in [5.74, 6) is -1.65. The lowest BCUT2D eigenvalue weighted by Crippen LogP contribution is -2.16. The maximum absolute atomic E-state index is 13.2. The highest BCUT2D eigenvalue weighted by Gasteiger charge is 2.21. The molecule has 0 saturated heterocycles. The highest BCUT2D eigenvalue weighted by Crippen LogP contribution is 2.16. The van der Waals surface area contributed by atoms with E-state index in [0.29, 0.717) is 11.3 Å². The third-order valence-electron chi connectivity index (χ3n) is 3.63. The van der Waals surface area contributed by atoms with Gasteiger partial charge < -0.3 is 10.1 Å². The number of ketones is 1. The van der Waals surface area contributed by atoms with E-state index in [0.717, 1.165) is 11.1 Å². The lowest BCUT2D eigenvalue weighted by atomic mass is 9.99. The Morgan fingerprint density at radius 1 is 1.08 bits per heavy atom. The number of benzene rings is 2. The summed E-state index contributed by atoms with van der Waals surface area (Å²) in [6.07, 6.45) is 1.23. The molecule has 0 heterocycles. The highest BCUT2D eigenvalue weighted by molar-refractivity contribution is 6.24. The SMILES string of the molecule is COC(=O)/C(=C\Nc1cccc(F)c1)C(=O)c1ccc(C)c(C)c1. The van der Waals surface area contributed by atoms with Crippen molar-refractivity contribution in [3.63, 3.8) is 0 Å². The van der Waals surface area contributed by atoms with Crippen LogP contribution >= 0.6 is 0 Å². The van der Waals surface area contributed by atoms with E-state index in [2.05, 4.69) is 10.1 Å². The van der Waals surface area contributed by atoms with Crippen LogP contribution in [0.1, 0.15) is 21.5 Å². The molecule has 24 heavy (non-hydrogen) atoms. The number of rotatable bonds is 5. The molecule has 4 nitrogen and oxygen atoms in total. The smallest absolute Gasteiger partial charge is 0.343 e. The number of Topliss-reactive ketones (excluding diaryl/α,β-unsaturated/α-hetero) is 1. The van der Waals surface area contributed by atoms with Crippen LogP contribution in [0.2, 0.25) is 0 Å². The van der Waals surface area contributed by atoms with Crippen LogP contribution in [0.15, 0.2) is 54.2 Å². The molecule has 2 rings (SSSR count). The molecule has 0 saturated carbocycles. The minimum Gasteiger partial charge on any atom is -0.465 e. The Morgan fingerprint density at radius 2 is 1.83 bits per heavy atom. The predicted octanol–water partition coefficient (Wildman–Crippen LogP) is 3.79. The number of carbonyl (C=O) groups excluding carboxylic acids is 2. The zero-order valence-electron chi connectivity index (χ0n) is 13.7. The Balaban J connectivity index is 2.33. The summed E-state index contributed by atoms with van der Waals surface area (Å²) in [4.78, 5) is 24.6. The Bertz CT molecular complexity index is 812. The number of hydrogen-bond acceptors (Lipinski definition) is 4. The van der Waals surface area contributed by atoms with Crippen molar-refractivity contribution in [1.82, 2.24) is 0 Å². The lowest BCUT2D eigenvalue weighted by Gasteiger charge is -2.08. The number of aryl methyl sites for hydroxylation is 2. The van der Waals surface area contributed by atoms with E-state index in [-0.39, 0.29) is 5.57 Å². The summed E-state index contributed by atoms with van der Waals surface area (Å²) in [5.41, 5.74) is 2.64. The summed E-state index contributed by atoms with van der Waals surface area (Å²) >= 11 is 0. The van der Waals surface area contributed by atoms with E-state index >= 15 is 0 Å². The molecule has 0 aliphatic heterocycles.